The second kappa shape index (κ2) is 7.73. The number of halogens is 2. The zero-order valence-corrected chi connectivity index (χ0v) is 16.3. The third-order valence-corrected chi connectivity index (χ3v) is 7.15. The van der Waals surface area contributed by atoms with Crippen LogP contribution in [-0.4, -0.2) is 61.8 Å². The Morgan fingerprint density at radius 3 is 2.50 bits per heavy atom. The number of rotatable bonds is 6. The number of carbonyl (C=O) groups is 1. The van der Waals surface area contributed by atoms with Crippen LogP contribution in [0.5, 0.6) is 0 Å². The van der Waals surface area contributed by atoms with E-state index in [-0.39, 0.29) is 44.5 Å². The number of piperazine rings is 1. The van der Waals surface area contributed by atoms with Crippen molar-refractivity contribution in [3.8, 4) is 6.07 Å². The van der Waals surface area contributed by atoms with E-state index in [1.165, 1.54) is 0 Å². The molecule has 0 unspecified atom stereocenters. The first-order valence-electron chi connectivity index (χ1n) is 9.05. The molecule has 1 amide bonds. The minimum Gasteiger partial charge on any atom is -0.337 e. The van der Waals surface area contributed by atoms with Crippen LogP contribution in [-0.2, 0) is 14.8 Å². The summed E-state index contributed by atoms with van der Waals surface area (Å²) in [5.74, 6) is -1.95. The van der Waals surface area contributed by atoms with Gasteiger partial charge >= 0.3 is 0 Å². The van der Waals surface area contributed by atoms with Gasteiger partial charge in [-0.1, -0.05) is 0 Å². The number of amides is 1. The van der Waals surface area contributed by atoms with Crippen LogP contribution in [0.1, 0.15) is 19.8 Å². The minimum atomic E-state index is -4.15. The number of hydrogen-bond donors (Lipinski definition) is 1. The van der Waals surface area contributed by atoms with Gasteiger partial charge < -0.3 is 5.32 Å². The highest BCUT2D eigenvalue weighted by atomic mass is 32.2. The summed E-state index contributed by atoms with van der Waals surface area (Å²) in [5.41, 5.74) is -0.878. The second-order valence-corrected chi connectivity index (χ2v) is 9.30. The van der Waals surface area contributed by atoms with E-state index in [9.17, 15) is 27.3 Å². The van der Waals surface area contributed by atoms with Gasteiger partial charge in [0.15, 0.2) is 0 Å². The number of nitriles is 1. The van der Waals surface area contributed by atoms with Crippen LogP contribution in [0.15, 0.2) is 23.1 Å². The van der Waals surface area contributed by atoms with Gasteiger partial charge in [-0.3, -0.25) is 9.69 Å². The fraction of sp³-hybridized carbons (Fsp3) is 0.556. The summed E-state index contributed by atoms with van der Waals surface area (Å²) >= 11 is 0. The van der Waals surface area contributed by atoms with E-state index in [0.29, 0.717) is 6.07 Å². The Balaban J connectivity index is 1.58. The molecule has 1 aromatic rings. The van der Waals surface area contributed by atoms with Gasteiger partial charge in [-0.25, -0.2) is 17.2 Å². The highest BCUT2D eigenvalue weighted by Gasteiger charge is 2.43. The third kappa shape index (κ3) is 4.32. The lowest BCUT2D eigenvalue weighted by Crippen LogP contribution is -2.54. The van der Waals surface area contributed by atoms with Crippen molar-refractivity contribution in [2.24, 2.45) is 5.92 Å². The molecule has 1 aliphatic carbocycles. The van der Waals surface area contributed by atoms with E-state index in [4.69, 9.17) is 0 Å². The first-order chi connectivity index (χ1) is 13.2. The topological polar surface area (TPSA) is 93.5 Å². The van der Waals surface area contributed by atoms with Gasteiger partial charge in [-0.05, 0) is 43.9 Å². The van der Waals surface area contributed by atoms with Crippen LogP contribution < -0.4 is 5.32 Å². The van der Waals surface area contributed by atoms with E-state index in [2.05, 4.69) is 11.4 Å². The van der Waals surface area contributed by atoms with Gasteiger partial charge in [0.1, 0.15) is 22.1 Å². The lowest BCUT2D eigenvalue weighted by molar-refractivity contribution is -0.123. The number of nitrogens with zero attached hydrogens (tertiary/aromatic N) is 3. The first kappa shape index (κ1) is 20.6. The summed E-state index contributed by atoms with van der Waals surface area (Å²) in [4.78, 5) is 13.4. The molecule has 0 bridgehead atoms. The molecule has 1 saturated carbocycles. The van der Waals surface area contributed by atoms with E-state index < -0.39 is 32.1 Å². The van der Waals surface area contributed by atoms with Gasteiger partial charge in [-0.2, -0.15) is 9.57 Å². The lowest BCUT2D eigenvalue weighted by atomic mass is 9.98. The molecule has 0 aromatic heterocycles. The van der Waals surface area contributed by atoms with E-state index in [1.54, 1.807) is 11.8 Å². The van der Waals surface area contributed by atoms with Crippen molar-refractivity contribution in [1.82, 2.24) is 14.5 Å². The Labute approximate surface area is 163 Å². The van der Waals surface area contributed by atoms with E-state index in [0.717, 1.165) is 29.3 Å². The third-order valence-electron chi connectivity index (χ3n) is 5.23. The molecule has 0 spiro atoms. The van der Waals surface area contributed by atoms with Crippen molar-refractivity contribution in [2.45, 2.75) is 30.2 Å². The average molecular weight is 412 g/mol. The first-order valence-corrected chi connectivity index (χ1v) is 10.5. The molecule has 7 nitrogen and oxygen atoms in total. The van der Waals surface area contributed by atoms with Gasteiger partial charge in [0.05, 0.1) is 12.6 Å². The molecule has 1 aliphatic heterocycles. The molecule has 0 radical (unpaired) electrons. The van der Waals surface area contributed by atoms with Crippen molar-refractivity contribution in [3.63, 3.8) is 0 Å². The fourth-order valence-corrected chi connectivity index (χ4v) is 4.85. The van der Waals surface area contributed by atoms with E-state index in [1.807, 2.05) is 0 Å². The van der Waals surface area contributed by atoms with Crippen molar-refractivity contribution in [2.75, 3.05) is 32.7 Å². The van der Waals surface area contributed by atoms with Gasteiger partial charge in [0, 0.05) is 26.2 Å². The van der Waals surface area contributed by atoms with Crippen LogP contribution in [0.2, 0.25) is 0 Å². The smallest absolute Gasteiger partial charge is 0.246 e. The Morgan fingerprint density at radius 1 is 1.29 bits per heavy atom. The summed E-state index contributed by atoms with van der Waals surface area (Å²) in [6.45, 7) is 2.42. The average Bonchev–Trinajstić information content (AvgIpc) is 3.49. The summed E-state index contributed by atoms with van der Waals surface area (Å²) in [7, 11) is -4.15. The monoisotopic (exact) mass is 412 g/mol. The van der Waals surface area contributed by atoms with Crippen LogP contribution in [0.4, 0.5) is 8.78 Å². The zero-order chi connectivity index (χ0) is 20.5. The molecule has 3 rings (SSSR count). The minimum absolute atomic E-state index is 0.0478. The molecular formula is C18H22F2N4O3S. The maximum atomic E-state index is 13.9. The van der Waals surface area contributed by atoms with Gasteiger partial charge in [0.25, 0.3) is 0 Å². The van der Waals surface area contributed by atoms with Crippen LogP contribution in [0, 0.1) is 28.9 Å². The summed E-state index contributed by atoms with van der Waals surface area (Å²) in [6.07, 6.45) is 1.83. The Kier molecular flexibility index (Phi) is 5.70. The van der Waals surface area contributed by atoms with Crippen molar-refractivity contribution >= 4 is 15.9 Å². The Bertz CT molecular complexity index is 906. The number of hydrogen-bond acceptors (Lipinski definition) is 5. The van der Waals surface area contributed by atoms with Crippen molar-refractivity contribution in [3.05, 3.63) is 29.8 Å². The quantitative estimate of drug-likeness (QED) is 0.755. The molecule has 2 fully saturated rings. The summed E-state index contributed by atoms with van der Waals surface area (Å²) in [6, 6.07) is 4.48. The molecule has 1 heterocycles. The lowest BCUT2D eigenvalue weighted by Gasteiger charge is -2.34. The predicted octanol–water partition coefficient (Wildman–Crippen LogP) is 1.08. The maximum absolute atomic E-state index is 13.9. The standard InChI is InChI=1S/C18H22F2N4O3S/c1-18(12-21,13-2-3-13)22-17(25)11-23-6-8-24(9-7-23)28(26,27)16-10-14(19)4-5-15(16)20/h4-5,10,13H,2-3,6-9,11H2,1H3,(H,22,25)/t18-/m0/s1. The Hall–Kier alpha value is -2.09. The van der Waals surface area contributed by atoms with Crippen molar-refractivity contribution in [1.29, 1.82) is 5.26 Å². The molecule has 152 valence electrons. The normalized spacial score (nSPS) is 20.9. The molecule has 2 aliphatic rings. The number of carbonyl (C=O) groups excluding carboxylic acids is 1. The summed E-state index contributed by atoms with van der Waals surface area (Å²) in [5, 5.41) is 12.1. The molecule has 1 atom stereocenters. The molecular weight excluding hydrogens is 390 g/mol. The van der Waals surface area contributed by atoms with Crippen LogP contribution >= 0.6 is 0 Å². The van der Waals surface area contributed by atoms with Gasteiger partial charge in [-0.15, -0.1) is 0 Å². The molecule has 10 heteroatoms. The van der Waals surface area contributed by atoms with Crippen molar-refractivity contribution < 1.29 is 22.0 Å². The zero-order valence-electron chi connectivity index (χ0n) is 15.5. The molecule has 1 saturated heterocycles. The van der Waals surface area contributed by atoms with Crippen LogP contribution in [0.25, 0.3) is 0 Å². The highest BCUT2D eigenvalue weighted by Crippen LogP contribution is 2.39. The maximum Gasteiger partial charge on any atom is 0.246 e. The fourth-order valence-electron chi connectivity index (χ4n) is 3.36. The largest absolute Gasteiger partial charge is 0.337 e. The highest BCUT2D eigenvalue weighted by molar-refractivity contribution is 7.89. The number of sulfonamides is 1. The Morgan fingerprint density at radius 2 is 1.93 bits per heavy atom. The molecule has 1 N–H and O–H groups in total. The second-order valence-electron chi connectivity index (χ2n) is 7.39. The number of nitrogens with one attached hydrogen (secondary N) is 1. The van der Waals surface area contributed by atoms with E-state index >= 15 is 0 Å². The SMILES string of the molecule is C[C@@](C#N)(NC(=O)CN1CCN(S(=O)(=O)c2cc(F)ccc2F)CC1)C1CC1. The van der Waals surface area contributed by atoms with Crippen LogP contribution in [0.3, 0.4) is 0 Å². The molecule has 28 heavy (non-hydrogen) atoms. The molecule has 1 aromatic carbocycles. The summed E-state index contributed by atoms with van der Waals surface area (Å²) < 4.78 is 53.5. The number of benzene rings is 1. The predicted molar refractivity (Wildman–Crippen MR) is 96.4 cm³/mol. The van der Waals surface area contributed by atoms with Gasteiger partial charge in [0.2, 0.25) is 15.9 Å².